The van der Waals surface area contributed by atoms with Crippen molar-refractivity contribution >= 4 is 0 Å². The van der Waals surface area contributed by atoms with E-state index in [4.69, 9.17) is 4.74 Å². The first kappa shape index (κ1) is 23.9. The lowest BCUT2D eigenvalue weighted by Gasteiger charge is -2.48. The van der Waals surface area contributed by atoms with Crippen LogP contribution >= 0.6 is 0 Å². The lowest BCUT2D eigenvalue weighted by atomic mass is 9.81. The highest BCUT2D eigenvalue weighted by molar-refractivity contribution is 4.90. The van der Waals surface area contributed by atoms with E-state index in [1.54, 1.807) is 0 Å². The third-order valence-electron chi connectivity index (χ3n) is 6.15. The van der Waals surface area contributed by atoms with Crippen molar-refractivity contribution in [1.82, 2.24) is 15.1 Å². The minimum absolute atomic E-state index is 0.539. The third-order valence-corrected chi connectivity index (χ3v) is 6.15. The molecule has 1 N–H and O–H groups in total. The quantitative estimate of drug-likeness (QED) is 0.796. The van der Waals surface area contributed by atoms with Gasteiger partial charge in [0.25, 0.3) is 0 Å². The molecule has 3 fully saturated rings. The standard InChI is InChI=1S/C18H35N3O.2C2H6/c1-14-10-20(12-16-4-6-19-7-5-16)11-15(2)21(14)13-17-8-18(9-17)22-3;2*1-2/h14-19H,4-13H2,1-3H3;2*1-2H3. The van der Waals surface area contributed by atoms with Crippen LogP contribution in [0.4, 0.5) is 0 Å². The molecular formula is C22H47N3O. The predicted octanol–water partition coefficient (Wildman–Crippen LogP) is 3.86. The predicted molar refractivity (Wildman–Crippen MR) is 114 cm³/mol. The molecule has 0 aromatic heterocycles. The van der Waals surface area contributed by atoms with Gasteiger partial charge in [0, 0.05) is 45.4 Å². The Morgan fingerprint density at radius 2 is 1.38 bits per heavy atom. The summed E-state index contributed by atoms with van der Waals surface area (Å²) in [7, 11) is 1.85. The minimum Gasteiger partial charge on any atom is -0.381 e. The molecule has 0 radical (unpaired) electrons. The van der Waals surface area contributed by atoms with Crippen molar-refractivity contribution in [1.29, 1.82) is 0 Å². The van der Waals surface area contributed by atoms with Crippen molar-refractivity contribution in [2.75, 3.05) is 46.4 Å². The van der Waals surface area contributed by atoms with E-state index in [2.05, 4.69) is 29.0 Å². The van der Waals surface area contributed by atoms with Gasteiger partial charge in [-0.15, -0.1) is 0 Å². The van der Waals surface area contributed by atoms with Crippen molar-refractivity contribution in [2.45, 2.75) is 85.4 Å². The molecule has 2 atom stereocenters. The molecule has 4 nitrogen and oxygen atoms in total. The molecule has 26 heavy (non-hydrogen) atoms. The van der Waals surface area contributed by atoms with Gasteiger partial charge in [0.1, 0.15) is 0 Å². The summed E-state index contributed by atoms with van der Waals surface area (Å²) in [6, 6.07) is 1.40. The number of rotatable bonds is 5. The zero-order valence-corrected chi connectivity index (χ0v) is 18.8. The molecule has 4 heteroatoms. The van der Waals surface area contributed by atoms with Crippen LogP contribution < -0.4 is 5.32 Å². The fourth-order valence-electron chi connectivity index (χ4n) is 4.72. The summed E-state index contributed by atoms with van der Waals surface area (Å²) < 4.78 is 5.43. The zero-order chi connectivity index (χ0) is 19.5. The minimum atomic E-state index is 0.539. The van der Waals surface area contributed by atoms with Crippen molar-refractivity contribution in [2.24, 2.45) is 11.8 Å². The number of nitrogens with zero attached hydrogens (tertiary/aromatic N) is 2. The smallest absolute Gasteiger partial charge is 0.0577 e. The highest BCUT2D eigenvalue weighted by atomic mass is 16.5. The van der Waals surface area contributed by atoms with E-state index >= 15 is 0 Å². The number of nitrogens with one attached hydrogen (secondary N) is 1. The fourth-order valence-corrected chi connectivity index (χ4v) is 4.72. The van der Waals surface area contributed by atoms with Crippen LogP contribution in [0.5, 0.6) is 0 Å². The average molecular weight is 370 g/mol. The first-order valence-corrected chi connectivity index (χ1v) is 11.4. The van der Waals surface area contributed by atoms with Gasteiger partial charge in [-0.25, -0.2) is 0 Å². The van der Waals surface area contributed by atoms with Gasteiger partial charge >= 0.3 is 0 Å². The summed E-state index contributed by atoms with van der Waals surface area (Å²) in [6.07, 6.45) is 5.81. The molecule has 2 unspecified atom stereocenters. The summed E-state index contributed by atoms with van der Waals surface area (Å²) in [4.78, 5) is 5.50. The van der Waals surface area contributed by atoms with Crippen LogP contribution in [0.25, 0.3) is 0 Å². The summed E-state index contributed by atoms with van der Waals surface area (Å²) >= 11 is 0. The van der Waals surface area contributed by atoms with Gasteiger partial charge in [0.2, 0.25) is 0 Å². The molecular weight excluding hydrogens is 322 g/mol. The average Bonchev–Trinajstić information content (AvgIpc) is 2.64. The van der Waals surface area contributed by atoms with Crippen molar-refractivity contribution in [3.8, 4) is 0 Å². The van der Waals surface area contributed by atoms with Gasteiger partial charge in [0.05, 0.1) is 6.10 Å². The van der Waals surface area contributed by atoms with Gasteiger partial charge in [-0.1, -0.05) is 27.7 Å². The van der Waals surface area contributed by atoms with Crippen LogP contribution in [0.15, 0.2) is 0 Å². The Morgan fingerprint density at radius 1 is 0.846 bits per heavy atom. The highest BCUT2D eigenvalue weighted by Gasteiger charge is 2.36. The van der Waals surface area contributed by atoms with Gasteiger partial charge < -0.3 is 10.1 Å². The highest BCUT2D eigenvalue weighted by Crippen LogP contribution is 2.32. The number of piperazine rings is 1. The monoisotopic (exact) mass is 369 g/mol. The molecule has 2 aliphatic heterocycles. The molecule has 156 valence electrons. The number of methoxy groups -OCH3 is 1. The molecule has 1 aliphatic carbocycles. The van der Waals surface area contributed by atoms with Crippen LogP contribution in [0.1, 0.15) is 67.2 Å². The van der Waals surface area contributed by atoms with E-state index < -0.39 is 0 Å². The first-order valence-electron chi connectivity index (χ1n) is 11.4. The van der Waals surface area contributed by atoms with E-state index in [1.807, 2.05) is 34.8 Å². The van der Waals surface area contributed by atoms with Crippen molar-refractivity contribution in [3.05, 3.63) is 0 Å². The Morgan fingerprint density at radius 3 is 1.88 bits per heavy atom. The van der Waals surface area contributed by atoms with Crippen LogP contribution in [0, 0.1) is 11.8 Å². The Hall–Kier alpha value is -0.160. The molecule has 0 spiro atoms. The van der Waals surface area contributed by atoms with Gasteiger partial charge in [-0.05, 0) is 64.5 Å². The van der Waals surface area contributed by atoms with Crippen LogP contribution in [-0.2, 0) is 4.74 Å². The Kier molecular flexibility index (Phi) is 12.0. The second kappa shape index (κ2) is 13.1. The van der Waals surface area contributed by atoms with Crippen LogP contribution in [0.2, 0.25) is 0 Å². The molecule has 0 aromatic rings. The van der Waals surface area contributed by atoms with Gasteiger partial charge in [-0.2, -0.15) is 0 Å². The van der Waals surface area contributed by atoms with Gasteiger partial charge in [0.15, 0.2) is 0 Å². The van der Waals surface area contributed by atoms with E-state index in [0.29, 0.717) is 18.2 Å². The largest absolute Gasteiger partial charge is 0.381 e. The molecule has 0 bridgehead atoms. The lowest BCUT2D eigenvalue weighted by molar-refractivity contribution is -0.0385. The van der Waals surface area contributed by atoms with E-state index in [1.165, 1.54) is 65.0 Å². The number of hydrogen-bond donors (Lipinski definition) is 1. The summed E-state index contributed by atoms with van der Waals surface area (Å²) in [5, 5.41) is 3.48. The maximum Gasteiger partial charge on any atom is 0.0577 e. The van der Waals surface area contributed by atoms with E-state index in [-0.39, 0.29) is 0 Å². The Balaban J connectivity index is 0.000000791. The molecule has 0 amide bonds. The fraction of sp³-hybridized carbons (Fsp3) is 1.00. The van der Waals surface area contributed by atoms with E-state index in [0.717, 1.165) is 11.8 Å². The zero-order valence-electron chi connectivity index (χ0n) is 18.8. The molecule has 2 saturated heterocycles. The normalized spacial score (nSPS) is 33.3. The third kappa shape index (κ3) is 7.10. The molecule has 2 heterocycles. The first-order chi connectivity index (χ1) is 12.7. The maximum atomic E-state index is 5.43. The maximum absolute atomic E-state index is 5.43. The molecule has 0 aromatic carbocycles. The second-order valence-corrected chi connectivity index (χ2v) is 8.00. The second-order valence-electron chi connectivity index (χ2n) is 8.00. The van der Waals surface area contributed by atoms with Crippen molar-refractivity contribution in [3.63, 3.8) is 0 Å². The van der Waals surface area contributed by atoms with Gasteiger partial charge in [-0.3, -0.25) is 9.80 Å². The summed E-state index contributed by atoms with van der Waals surface area (Å²) in [5.41, 5.74) is 0. The number of piperidine rings is 1. The SMILES string of the molecule is CC.CC.COC1CC(CN2C(C)CN(CC3CCNCC3)CC2C)C1. The number of ether oxygens (including phenoxy) is 1. The summed E-state index contributed by atoms with van der Waals surface area (Å²) in [6.45, 7) is 20.4. The molecule has 3 aliphatic rings. The molecule has 1 saturated carbocycles. The summed E-state index contributed by atoms with van der Waals surface area (Å²) in [5.74, 6) is 1.78. The number of hydrogen-bond acceptors (Lipinski definition) is 4. The van der Waals surface area contributed by atoms with E-state index in [9.17, 15) is 0 Å². The van der Waals surface area contributed by atoms with Crippen molar-refractivity contribution < 1.29 is 4.74 Å². The Labute approximate surface area is 164 Å². The van der Waals surface area contributed by atoms with Crippen LogP contribution in [0.3, 0.4) is 0 Å². The lowest BCUT2D eigenvalue weighted by Crippen LogP contribution is -2.59. The topological polar surface area (TPSA) is 27.7 Å². The molecule has 3 rings (SSSR count). The Bertz CT molecular complexity index is 328. The van der Waals surface area contributed by atoms with Crippen LogP contribution in [-0.4, -0.2) is 74.4 Å².